The largest absolute Gasteiger partial charge is 1.00 e. The van der Waals surface area contributed by atoms with Crippen LogP contribution in [-0.4, -0.2) is 11.3 Å². The van der Waals surface area contributed by atoms with Crippen LogP contribution in [-0.2, 0) is 5.41 Å². The third-order valence-electron chi connectivity index (χ3n) is 1.96. The van der Waals surface area contributed by atoms with Gasteiger partial charge in [0.25, 0.3) is 6.16 Å². The molecule has 82 valence electrons. The second-order valence-electron chi connectivity index (χ2n) is 4.28. The minimum absolute atomic E-state index is 0. The molecular formula is C11H13NaO4. The SMILES string of the molecule is CC(C)(C)c1cc(O)ccc1OC(=O)[O-].[Na+]. The van der Waals surface area contributed by atoms with E-state index in [2.05, 4.69) is 4.74 Å². The second kappa shape index (κ2) is 5.57. The Morgan fingerprint density at radius 3 is 2.38 bits per heavy atom. The molecule has 1 aromatic carbocycles. The van der Waals surface area contributed by atoms with E-state index in [9.17, 15) is 15.0 Å². The standard InChI is InChI=1S/C11H14O4.Na/c1-11(2,3)8-6-7(12)4-5-9(8)15-10(13)14;/h4-6,12H,1-3H3,(H,13,14);/q;+1/p-1. The summed E-state index contributed by atoms with van der Waals surface area (Å²) in [6.07, 6.45) is -1.61. The van der Waals surface area contributed by atoms with E-state index in [1.165, 1.54) is 18.2 Å². The topological polar surface area (TPSA) is 69.6 Å². The van der Waals surface area contributed by atoms with Crippen molar-refractivity contribution >= 4 is 6.16 Å². The molecule has 0 atom stereocenters. The van der Waals surface area contributed by atoms with Gasteiger partial charge in [-0.05, 0) is 29.2 Å². The van der Waals surface area contributed by atoms with Gasteiger partial charge in [0, 0.05) is 0 Å². The smallest absolute Gasteiger partial charge is 0.514 e. The Kier molecular flexibility index (Phi) is 5.32. The molecule has 1 aromatic rings. The van der Waals surface area contributed by atoms with Gasteiger partial charge in [0.05, 0.1) is 5.75 Å². The Labute approximate surface area is 117 Å². The van der Waals surface area contributed by atoms with Gasteiger partial charge < -0.3 is 19.7 Å². The van der Waals surface area contributed by atoms with Crippen molar-refractivity contribution in [2.75, 3.05) is 0 Å². The second-order valence-corrected chi connectivity index (χ2v) is 4.28. The molecule has 0 spiro atoms. The molecule has 0 amide bonds. The van der Waals surface area contributed by atoms with Crippen LogP contribution in [0.4, 0.5) is 4.79 Å². The Balaban J connectivity index is 0.00000225. The molecular weight excluding hydrogens is 219 g/mol. The molecule has 0 fully saturated rings. The van der Waals surface area contributed by atoms with Crippen LogP contribution in [0.5, 0.6) is 11.5 Å². The maximum atomic E-state index is 10.3. The number of hydrogen-bond donors (Lipinski definition) is 1. The van der Waals surface area contributed by atoms with Crippen molar-refractivity contribution in [2.24, 2.45) is 0 Å². The molecule has 0 bridgehead atoms. The first-order valence-electron chi connectivity index (χ1n) is 4.53. The van der Waals surface area contributed by atoms with Crippen LogP contribution >= 0.6 is 0 Å². The van der Waals surface area contributed by atoms with Crippen LogP contribution in [0.2, 0.25) is 0 Å². The van der Waals surface area contributed by atoms with Crippen molar-refractivity contribution in [3.05, 3.63) is 23.8 Å². The van der Waals surface area contributed by atoms with E-state index >= 15 is 0 Å². The molecule has 1 rings (SSSR count). The summed E-state index contributed by atoms with van der Waals surface area (Å²) >= 11 is 0. The Hall–Kier alpha value is -0.710. The third-order valence-corrected chi connectivity index (χ3v) is 1.96. The molecule has 0 saturated heterocycles. The van der Waals surface area contributed by atoms with E-state index < -0.39 is 6.16 Å². The molecule has 0 aliphatic heterocycles. The van der Waals surface area contributed by atoms with Crippen molar-refractivity contribution < 1.29 is 49.3 Å². The summed E-state index contributed by atoms with van der Waals surface area (Å²) in [6, 6.07) is 4.26. The average Bonchev–Trinajstić information content (AvgIpc) is 2.05. The van der Waals surface area contributed by atoms with Gasteiger partial charge in [0.1, 0.15) is 5.75 Å². The number of hydrogen-bond acceptors (Lipinski definition) is 4. The number of carbonyl (C=O) groups excluding carboxylic acids is 1. The predicted molar refractivity (Wildman–Crippen MR) is 52.8 cm³/mol. The first-order valence-corrected chi connectivity index (χ1v) is 4.53. The van der Waals surface area contributed by atoms with E-state index in [-0.39, 0.29) is 46.5 Å². The molecule has 4 nitrogen and oxygen atoms in total. The van der Waals surface area contributed by atoms with Crippen molar-refractivity contribution in [1.29, 1.82) is 0 Å². The fourth-order valence-corrected chi connectivity index (χ4v) is 1.28. The number of benzene rings is 1. The summed E-state index contributed by atoms with van der Waals surface area (Å²) in [5.41, 5.74) is 0.301. The normalized spacial score (nSPS) is 10.4. The summed E-state index contributed by atoms with van der Waals surface area (Å²) < 4.78 is 4.52. The first kappa shape index (κ1) is 15.3. The molecule has 0 unspecified atom stereocenters. The monoisotopic (exact) mass is 232 g/mol. The van der Waals surface area contributed by atoms with Crippen LogP contribution in [0.1, 0.15) is 26.3 Å². The number of carboxylic acid groups (broad SMARTS) is 1. The zero-order chi connectivity index (χ0) is 11.6. The first-order chi connectivity index (χ1) is 6.80. The van der Waals surface area contributed by atoms with Crippen molar-refractivity contribution in [3.63, 3.8) is 0 Å². The van der Waals surface area contributed by atoms with Gasteiger partial charge in [-0.3, -0.25) is 0 Å². The molecule has 0 heterocycles. The van der Waals surface area contributed by atoms with E-state index in [0.29, 0.717) is 5.56 Å². The zero-order valence-electron chi connectivity index (χ0n) is 9.90. The molecule has 0 aliphatic rings. The Morgan fingerprint density at radius 2 is 1.94 bits per heavy atom. The fourth-order valence-electron chi connectivity index (χ4n) is 1.28. The minimum atomic E-state index is -1.61. The molecule has 5 heteroatoms. The van der Waals surface area contributed by atoms with E-state index in [1.807, 2.05) is 20.8 Å². The summed E-state index contributed by atoms with van der Waals surface area (Å²) in [4.78, 5) is 10.3. The van der Waals surface area contributed by atoms with Gasteiger partial charge in [-0.25, -0.2) is 0 Å². The number of aromatic hydroxyl groups is 1. The number of rotatable bonds is 1. The maximum Gasteiger partial charge on any atom is 1.00 e. The van der Waals surface area contributed by atoms with E-state index in [0.717, 1.165) is 0 Å². The minimum Gasteiger partial charge on any atom is -0.514 e. The van der Waals surface area contributed by atoms with Crippen molar-refractivity contribution in [2.45, 2.75) is 26.2 Å². The molecule has 0 saturated carbocycles. The van der Waals surface area contributed by atoms with E-state index in [4.69, 9.17) is 0 Å². The Morgan fingerprint density at radius 1 is 1.38 bits per heavy atom. The molecule has 0 aliphatic carbocycles. The van der Waals surface area contributed by atoms with Gasteiger partial charge >= 0.3 is 29.6 Å². The van der Waals surface area contributed by atoms with Gasteiger partial charge in [0.2, 0.25) is 0 Å². The Bertz CT molecular complexity index is 382. The molecule has 16 heavy (non-hydrogen) atoms. The molecule has 1 N–H and O–H groups in total. The molecule has 0 aromatic heterocycles. The predicted octanol–water partition coefficient (Wildman–Crippen LogP) is -1.58. The summed E-state index contributed by atoms with van der Waals surface area (Å²) in [5, 5.41) is 19.7. The number of ether oxygens (including phenoxy) is 1. The average molecular weight is 232 g/mol. The van der Waals surface area contributed by atoms with E-state index in [1.54, 1.807) is 0 Å². The number of phenols is 1. The molecule has 0 radical (unpaired) electrons. The van der Waals surface area contributed by atoms with Gasteiger partial charge in [0.15, 0.2) is 0 Å². The summed E-state index contributed by atoms with van der Waals surface area (Å²) in [5.74, 6) is 0.269. The van der Waals surface area contributed by atoms with Gasteiger partial charge in [-0.1, -0.05) is 20.8 Å². The van der Waals surface area contributed by atoms with Crippen LogP contribution in [0.25, 0.3) is 0 Å². The summed E-state index contributed by atoms with van der Waals surface area (Å²) in [7, 11) is 0. The fraction of sp³-hybridized carbons (Fsp3) is 0.364. The maximum absolute atomic E-state index is 10.3. The van der Waals surface area contributed by atoms with Crippen LogP contribution in [0, 0.1) is 0 Å². The zero-order valence-corrected chi connectivity index (χ0v) is 11.9. The van der Waals surface area contributed by atoms with Gasteiger partial charge in [-0.2, -0.15) is 0 Å². The van der Waals surface area contributed by atoms with Crippen molar-refractivity contribution in [1.82, 2.24) is 0 Å². The number of carbonyl (C=O) groups is 1. The number of phenolic OH excluding ortho intramolecular Hbond substituents is 1. The van der Waals surface area contributed by atoms with Crippen molar-refractivity contribution in [3.8, 4) is 11.5 Å². The van der Waals surface area contributed by atoms with Crippen LogP contribution in [0.3, 0.4) is 0 Å². The quantitative estimate of drug-likeness (QED) is 0.360. The third kappa shape index (κ3) is 4.04. The van der Waals surface area contributed by atoms with Crippen LogP contribution < -0.4 is 39.4 Å². The van der Waals surface area contributed by atoms with Gasteiger partial charge in [-0.15, -0.1) is 0 Å². The summed E-state index contributed by atoms with van der Waals surface area (Å²) in [6.45, 7) is 5.68. The van der Waals surface area contributed by atoms with Crippen LogP contribution in [0.15, 0.2) is 18.2 Å².